The summed E-state index contributed by atoms with van der Waals surface area (Å²) in [6.07, 6.45) is 10.3. The molecule has 0 saturated heterocycles. The summed E-state index contributed by atoms with van der Waals surface area (Å²) in [4.78, 5) is 24.2. The van der Waals surface area contributed by atoms with Crippen molar-refractivity contribution in [3.63, 3.8) is 0 Å². The molecule has 24 heavy (non-hydrogen) atoms. The lowest BCUT2D eigenvalue weighted by Gasteiger charge is -2.26. The molecule has 130 valence electrons. The molecule has 0 bridgehead atoms. The van der Waals surface area contributed by atoms with Crippen LogP contribution in [-0.2, 0) is 0 Å². The van der Waals surface area contributed by atoms with E-state index in [0.29, 0.717) is 16.9 Å². The van der Waals surface area contributed by atoms with Crippen molar-refractivity contribution in [1.29, 1.82) is 0 Å². The molecule has 0 heterocycles. The van der Waals surface area contributed by atoms with Crippen LogP contribution in [0.3, 0.4) is 0 Å². The zero-order valence-corrected chi connectivity index (χ0v) is 16.1. The second-order valence-electron chi connectivity index (χ2n) is 7.12. The molecular formula is C20H28O3Si. The maximum Gasteiger partial charge on any atom is 0.245 e. The van der Waals surface area contributed by atoms with Crippen LogP contribution in [0.1, 0.15) is 66.2 Å². The third kappa shape index (κ3) is 4.90. The largest absolute Gasteiger partial charge is 0.544 e. The van der Waals surface area contributed by atoms with E-state index in [2.05, 4.69) is 20.0 Å². The number of benzene rings is 1. The number of ketones is 2. The maximum absolute atomic E-state index is 12.2. The lowest BCUT2D eigenvalue weighted by atomic mass is 9.94. The van der Waals surface area contributed by atoms with Gasteiger partial charge in [-0.25, -0.2) is 0 Å². The van der Waals surface area contributed by atoms with E-state index in [-0.39, 0.29) is 11.6 Å². The number of rotatable bonds is 9. The Morgan fingerprint density at radius 2 is 1.58 bits per heavy atom. The molecule has 0 atom stereocenters. The normalized spacial score (nSPS) is 14.0. The van der Waals surface area contributed by atoms with E-state index in [9.17, 15) is 9.59 Å². The van der Waals surface area contributed by atoms with E-state index < -0.39 is 8.32 Å². The van der Waals surface area contributed by atoms with Crippen molar-refractivity contribution >= 4 is 19.9 Å². The van der Waals surface area contributed by atoms with Crippen molar-refractivity contribution < 1.29 is 14.0 Å². The van der Waals surface area contributed by atoms with Crippen LogP contribution in [0.2, 0.25) is 19.1 Å². The first kappa shape index (κ1) is 18.7. The van der Waals surface area contributed by atoms with Crippen LogP contribution < -0.4 is 4.43 Å². The summed E-state index contributed by atoms with van der Waals surface area (Å²) in [6.45, 7) is 6.60. The highest BCUT2D eigenvalue weighted by Crippen LogP contribution is 2.30. The molecule has 0 aromatic heterocycles. The first-order valence-corrected chi connectivity index (χ1v) is 12.1. The Balaban J connectivity index is 1.99. The summed E-state index contributed by atoms with van der Waals surface area (Å²) >= 11 is 0. The Morgan fingerprint density at radius 1 is 0.917 bits per heavy atom. The number of hydrogen-bond donors (Lipinski definition) is 0. The summed E-state index contributed by atoms with van der Waals surface area (Å²) < 4.78 is 6.28. The molecule has 0 aliphatic heterocycles. The van der Waals surface area contributed by atoms with Gasteiger partial charge in [0.05, 0.1) is 5.56 Å². The number of fused-ring (bicyclic) bond motifs is 1. The molecule has 0 unspecified atom stereocenters. The minimum Gasteiger partial charge on any atom is -0.544 e. The number of allylic oxidation sites excluding steroid dienone is 2. The first-order valence-electron chi connectivity index (χ1n) is 9.03. The third-order valence-corrected chi connectivity index (χ3v) is 6.77. The molecule has 1 aliphatic carbocycles. The second kappa shape index (κ2) is 8.43. The number of unbranched alkanes of at least 4 members (excludes halogenated alkanes) is 5. The standard InChI is InChI=1S/C20H28O3Si/c1-4-5-6-7-8-9-15-24(2,3)23-19-12-10-11-16-17(21)13-14-18(22)20(16)19/h10-14H,4-9,15H2,1-3H3. The van der Waals surface area contributed by atoms with Crippen molar-refractivity contribution in [2.75, 3.05) is 0 Å². The molecule has 0 spiro atoms. The predicted molar refractivity (Wildman–Crippen MR) is 101 cm³/mol. The van der Waals surface area contributed by atoms with Gasteiger partial charge in [-0.1, -0.05) is 57.6 Å². The average molecular weight is 345 g/mol. The van der Waals surface area contributed by atoms with E-state index >= 15 is 0 Å². The minimum absolute atomic E-state index is 0.120. The molecule has 1 aromatic carbocycles. The van der Waals surface area contributed by atoms with Gasteiger partial charge < -0.3 is 4.43 Å². The summed E-state index contributed by atoms with van der Waals surface area (Å²) in [7, 11) is -1.91. The zero-order valence-electron chi connectivity index (χ0n) is 15.1. The summed E-state index contributed by atoms with van der Waals surface area (Å²) in [5, 5.41) is 0. The van der Waals surface area contributed by atoms with E-state index in [0.717, 1.165) is 6.04 Å². The van der Waals surface area contributed by atoms with Gasteiger partial charge in [-0.2, -0.15) is 0 Å². The van der Waals surface area contributed by atoms with Gasteiger partial charge in [0.25, 0.3) is 0 Å². The highest BCUT2D eigenvalue weighted by atomic mass is 28.4. The highest BCUT2D eigenvalue weighted by Gasteiger charge is 2.29. The molecule has 4 heteroatoms. The van der Waals surface area contributed by atoms with Gasteiger partial charge in [0.1, 0.15) is 5.75 Å². The summed E-state index contributed by atoms with van der Waals surface area (Å²) in [6, 6.07) is 6.39. The molecule has 0 saturated carbocycles. The molecule has 0 radical (unpaired) electrons. The fraction of sp³-hybridized carbons (Fsp3) is 0.500. The van der Waals surface area contributed by atoms with Gasteiger partial charge in [0.15, 0.2) is 11.6 Å². The Labute approximate surface area is 146 Å². The molecule has 0 amide bonds. The minimum atomic E-state index is -1.91. The second-order valence-corrected chi connectivity index (χ2v) is 11.3. The first-order chi connectivity index (χ1) is 11.4. The van der Waals surface area contributed by atoms with Crippen LogP contribution in [0.15, 0.2) is 30.4 Å². The van der Waals surface area contributed by atoms with Crippen LogP contribution >= 0.6 is 0 Å². The summed E-state index contributed by atoms with van der Waals surface area (Å²) in [5.74, 6) is 0.327. The molecular weight excluding hydrogens is 316 g/mol. The molecule has 3 nitrogen and oxygen atoms in total. The molecule has 1 aromatic rings. The van der Waals surface area contributed by atoms with Crippen molar-refractivity contribution in [2.24, 2.45) is 0 Å². The van der Waals surface area contributed by atoms with Crippen LogP contribution in [0.5, 0.6) is 5.75 Å². The summed E-state index contributed by atoms with van der Waals surface area (Å²) in [5.41, 5.74) is 0.901. The van der Waals surface area contributed by atoms with E-state index in [1.165, 1.54) is 50.7 Å². The van der Waals surface area contributed by atoms with Crippen LogP contribution in [0.25, 0.3) is 0 Å². The molecule has 0 N–H and O–H groups in total. The molecule has 0 fully saturated rings. The Hall–Kier alpha value is -1.68. The zero-order chi connectivity index (χ0) is 17.6. The van der Waals surface area contributed by atoms with E-state index in [1.807, 2.05) is 6.07 Å². The Morgan fingerprint density at radius 3 is 2.33 bits per heavy atom. The van der Waals surface area contributed by atoms with Crippen LogP contribution in [-0.4, -0.2) is 19.9 Å². The van der Waals surface area contributed by atoms with Gasteiger partial charge in [-0.05, 0) is 37.4 Å². The highest BCUT2D eigenvalue weighted by molar-refractivity contribution is 6.71. The Kier molecular flexibility index (Phi) is 6.55. The fourth-order valence-electron chi connectivity index (χ4n) is 3.08. The van der Waals surface area contributed by atoms with E-state index in [1.54, 1.807) is 12.1 Å². The van der Waals surface area contributed by atoms with Crippen molar-refractivity contribution in [1.82, 2.24) is 0 Å². The smallest absolute Gasteiger partial charge is 0.245 e. The van der Waals surface area contributed by atoms with Crippen molar-refractivity contribution in [3.8, 4) is 5.75 Å². The van der Waals surface area contributed by atoms with Crippen molar-refractivity contribution in [3.05, 3.63) is 41.5 Å². The monoisotopic (exact) mass is 344 g/mol. The quantitative estimate of drug-likeness (QED) is 0.435. The number of carbonyl (C=O) groups excluding carboxylic acids is 2. The van der Waals surface area contributed by atoms with Gasteiger partial charge in [-0.15, -0.1) is 0 Å². The third-order valence-electron chi connectivity index (χ3n) is 4.44. The molecule has 1 aliphatic rings. The predicted octanol–water partition coefficient (Wildman–Crippen LogP) is 5.57. The SMILES string of the molecule is CCCCCCCC[Si](C)(C)Oc1cccc2c1C(=O)C=CC2=O. The number of carbonyl (C=O) groups is 2. The lowest BCUT2D eigenvalue weighted by Crippen LogP contribution is -2.34. The van der Waals surface area contributed by atoms with Crippen LogP contribution in [0, 0.1) is 0 Å². The molecule has 2 rings (SSSR count). The number of hydrogen-bond acceptors (Lipinski definition) is 3. The topological polar surface area (TPSA) is 43.4 Å². The lowest BCUT2D eigenvalue weighted by molar-refractivity contribution is 0.0992. The van der Waals surface area contributed by atoms with Gasteiger partial charge in [-0.3, -0.25) is 9.59 Å². The maximum atomic E-state index is 12.2. The van der Waals surface area contributed by atoms with Gasteiger partial charge in [0, 0.05) is 5.56 Å². The van der Waals surface area contributed by atoms with E-state index in [4.69, 9.17) is 4.43 Å². The fourth-order valence-corrected chi connectivity index (χ4v) is 5.05. The van der Waals surface area contributed by atoms with Gasteiger partial charge in [0.2, 0.25) is 8.32 Å². The van der Waals surface area contributed by atoms with Gasteiger partial charge >= 0.3 is 0 Å². The average Bonchev–Trinajstić information content (AvgIpc) is 2.54. The van der Waals surface area contributed by atoms with Crippen molar-refractivity contribution in [2.45, 2.75) is 64.6 Å². The Bertz CT molecular complexity index is 632. The van der Waals surface area contributed by atoms with Crippen LogP contribution in [0.4, 0.5) is 0 Å².